The van der Waals surface area contributed by atoms with Crippen molar-refractivity contribution in [3.63, 3.8) is 0 Å². The van der Waals surface area contributed by atoms with Crippen LogP contribution >= 0.6 is 0 Å². The fourth-order valence-electron chi connectivity index (χ4n) is 1.93. The van der Waals surface area contributed by atoms with E-state index < -0.39 is 5.54 Å². The maximum absolute atomic E-state index is 13.1. The first-order valence-electron chi connectivity index (χ1n) is 6.37. The molecule has 1 amide bonds. The summed E-state index contributed by atoms with van der Waals surface area (Å²) in [7, 11) is 0. The van der Waals surface area contributed by atoms with E-state index in [-0.39, 0.29) is 18.3 Å². The zero-order valence-corrected chi connectivity index (χ0v) is 11.3. The molecule has 0 aliphatic rings. The summed E-state index contributed by atoms with van der Waals surface area (Å²) in [6.45, 7) is 1.90. The average Bonchev–Trinajstić information content (AvgIpc) is 2.45. The highest BCUT2D eigenvalue weighted by Gasteiger charge is 2.29. The molecule has 2 aromatic carbocycles. The lowest BCUT2D eigenvalue weighted by Gasteiger charge is -2.24. The molecule has 2 rings (SSSR count). The van der Waals surface area contributed by atoms with Gasteiger partial charge in [0.25, 0.3) is 0 Å². The van der Waals surface area contributed by atoms with Crippen LogP contribution in [0.4, 0.5) is 4.39 Å². The predicted molar refractivity (Wildman–Crippen MR) is 76.2 cm³/mol. The van der Waals surface area contributed by atoms with Crippen LogP contribution in [0, 0.1) is 5.82 Å². The van der Waals surface area contributed by atoms with Gasteiger partial charge in [0.15, 0.2) is 0 Å². The monoisotopic (exact) mass is 272 g/mol. The van der Waals surface area contributed by atoms with Gasteiger partial charge >= 0.3 is 0 Å². The molecule has 0 saturated heterocycles. The van der Waals surface area contributed by atoms with E-state index in [1.165, 1.54) is 12.1 Å². The summed E-state index contributed by atoms with van der Waals surface area (Å²) < 4.78 is 13.1. The van der Waals surface area contributed by atoms with E-state index in [1.807, 2.05) is 30.3 Å². The van der Waals surface area contributed by atoms with Crippen LogP contribution in [0.5, 0.6) is 0 Å². The van der Waals surface area contributed by atoms with Gasteiger partial charge < -0.3 is 11.1 Å². The highest BCUT2D eigenvalue weighted by atomic mass is 19.1. The summed E-state index contributed by atoms with van der Waals surface area (Å²) in [6, 6.07) is 15.3. The Kier molecular flexibility index (Phi) is 4.15. The largest absolute Gasteiger partial charge is 0.350 e. The van der Waals surface area contributed by atoms with Gasteiger partial charge in [0.2, 0.25) is 5.91 Å². The average molecular weight is 272 g/mol. The standard InChI is InChI=1S/C16H17FN2O/c1-16(18,13-7-3-2-4-8-13)15(20)19-11-12-6-5-9-14(17)10-12/h2-10H,11,18H2,1H3,(H,19,20). The minimum Gasteiger partial charge on any atom is -0.350 e. The van der Waals surface area contributed by atoms with Gasteiger partial charge in [-0.2, -0.15) is 0 Å². The van der Waals surface area contributed by atoms with Crippen molar-refractivity contribution in [3.05, 3.63) is 71.5 Å². The Labute approximate surface area is 117 Å². The fourth-order valence-corrected chi connectivity index (χ4v) is 1.93. The number of nitrogens with two attached hydrogens (primary N) is 1. The smallest absolute Gasteiger partial charge is 0.244 e. The normalized spacial score (nSPS) is 13.6. The van der Waals surface area contributed by atoms with Crippen LogP contribution < -0.4 is 11.1 Å². The maximum atomic E-state index is 13.1. The molecule has 0 fully saturated rings. The van der Waals surface area contributed by atoms with Crippen LogP contribution in [0.3, 0.4) is 0 Å². The molecule has 3 N–H and O–H groups in total. The topological polar surface area (TPSA) is 55.1 Å². The van der Waals surface area contributed by atoms with Gasteiger partial charge in [-0.05, 0) is 30.2 Å². The molecule has 2 aromatic rings. The molecular formula is C16H17FN2O. The Morgan fingerprint density at radius 2 is 1.90 bits per heavy atom. The number of hydrogen-bond donors (Lipinski definition) is 2. The number of rotatable bonds is 4. The number of carbonyl (C=O) groups is 1. The molecule has 20 heavy (non-hydrogen) atoms. The van der Waals surface area contributed by atoms with Crippen molar-refractivity contribution in [3.8, 4) is 0 Å². The van der Waals surface area contributed by atoms with Crippen molar-refractivity contribution in [2.75, 3.05) is 0 Å². The van der Waals surface area contributed by atoms with E-state index in [2.05, 4.69) is 5.32 Å². The molecule has 0 heterocycles. The zero-order chi connectivity index (χ0) is 14.6. The summed E-state index contributed by atoms with van der Waals surface area (Å²) in [4.78, 5) is 12.2. The molecule has 4 heteroatoms. The SMILES string of the molecule is CC(N)(C(=O)NCc1cccc(F)c1)c1ccccc1. The van der Waals surface area contributed by atoms with Gasteiger partial charge in [-0.3, -0.25) is 4.79 Å². The van der Waals surface area contributed by atoms with Gasteiger partial charge in [-0.25, -0.2) is 4.39 Å². The molecule has 104 valence electrons. The zero-order valence-electron chi connectivity index (χ0n) is 11.3. The third-order valence-corrected chi connectivity index (χ3v) is 3.19. The van der Waals surface area contributed by atoms with E-state index in [1.54, 1.807) is 19.1 Å². The molecule has 0 bridgehead atoms. The summed E-state index contributed by atoms with van der Waals surface area (Å²) in [5.74, 6) is -0.622. The minimum absolute atomic E-state index is 0.246. The lowest BCUT2D eigenvalue weighted by Crippen LogP contribution is -2.48. The van der Waals surface area contributed by atoms with E-state index in [9.17, 15) is 9.18 Å². The van der Waals surface area contributed by atoms with Crippen molar-refractivity contribution < 1.29 is 9.18 Å². The third kappa shape index (κ3) is 3.22. The van der Waals surface area contributed by atoms with Crippen LogP contribution in [0.15, 0.2) is 54.6 Å². The summed E-state index contributed by atoms with van der Waals surface area (Å²) in [5, 5.41) is 2.73. The van der Waals surface area contributed by atoms with Crippen molar-refractivity contribution >= 4 is 5.91 Å². The van der Waals surface area contributed by atoms with Gasteiger partial charge in [0.1, 0.15) is 11.4 Å². The Balaban J connectivity index is 2.05. The van der Waals surface area contributed by atoms with Crippen molar-refractivity contribution in [1.82, 2.24) is 5.32 Å². The second-order valence-corrected chi connectivity index (χ2v) is 4.88. The van der Waals surface area contributed by atoms with Gasteiger partial charge in [0, 0.05) is 6.54 Å². The van der Waals surface area contributed by atoms with Gasteiger partial charge in [-0.1, -0.05) is 42.5 Å². The third-order valence-electron chi connectivity index (χ3n) is 3.19. The first-order chi connectivity index (χ1) is 9.50. The number of benzene rings is 2. The molecular weight excluding hydrogens is 255 g/mol. The van der Waals surface area contributed by atoms with Crippen LogP contribution in [0.2, 0.25) is 0 Å². The predicted octanol–water partition coefficient (Wildman–Crippen LogP) is 2.32. The second kappa shape index (κ2) is 5.84. The molecule has 1 unspecified atom stereocenters. The van der Waals surface area contributed by atoms with Crippen LogP contribution in [0.1, 0.15) is 18.1 Å². The molecule has 0 aliphatic carbocycles. The summed E-state index contributed by atoms with van der Waals surface area (Å²) >= 11 is 0. The Hall–Kier alpha value is -2.20. The first-order valence-corrected chi connectivity index (χ1v) is 6.37. The number of carbonyl (C=O) groups excluding carboxylic acids is 1. The second-order valence-electron chi connectivity index (χ2n) is 4.88. The molecule has 0 aliphatic heterocycles. The number of amides is 1. The lowest BCUT2D eigenvalue weighted by atomic mass is 9.92. The van der Waals surface area contributed by atoms with Gasteiger partial charge in [-0.15, -0.1) is 0 Å². The number of halogens is 1. The molecule has 1 atom stereocenters. The fraction of sp³-hybridized carbons (Fsp3) is 0.188. The van der Waals surface area contributed by atoms with E-state index in [0.29, 0.717) is 5.56 Å². The summed E-state index contributed by atoms with van der Waals surface area (Å²) in [5.41, 5.74) is 6.40. The Morgan fingerprint density at radius 3 is 2.55 bits per heavy atom. The maximum Gasteiger partial charge on any atom is 0.244 e. The van der Waals surface area contributed by atoms with Crippen LogP contribution in [-0.4, -0.2) is 5.91 Å². The van der Waals surface area contributed by atoms with Crippen LogP contribution in [0.25, 0.3) is 0 Å². The van der Waals surface area contributed by atoms with E-state index in [0.717, 1.165) is 5.56 Å². The molecule has 0 radical (unpaired) electrons. The molecule has 3 nitrogen and oxygen atoms in total. The minimum atomic E-state index is -1.12. The molecule has 0 saturated carbocycles. The highest BCUT2D eigenvalue weighted by Crippen LogP contribution is 2.17. The van der Waals surface area contributed by atoms with Crippen molar-refractivity contribution in [2.45, 2.75) is 19.0 Å². The van der Waals surface area contributed by atoms with E-state index >= 15 is 0 Å². The Morgan fingerprint density at radius 1 is 1.20 bits per heavy atom. The highest BCUT2D eigenvalue weighted by molar-refractivity contribution is 5.86. The first kappa shape index (κ1) is 14.2. The van der Waals surface area contributed by atoms with Crippen LogP contribution in [-0.2, 0) is 16.9 Å². The van der Waals surface area contributed by atoms with E-state index in [4.69, 9.17) is 5.73 Å². The molecule has 0 spiro atoms. The Bertz CT molecular complexity index is 596. The summed E-state index contributed by atoms with van der Waals surface area (Å²) in [6.07, 6.45) is 0. The van der Waals surface area contributed by atoms with Crippen molar-refractivity contribution in [2.24, 2.45) is 5.73 Å². The van der Waals surface area contributed by atoms with Gasteiger partial charge in [0.05, 0.1) is 0 Å². The quantitative estimate of drug-likeness (QED) is 0.897. The number of hydrogen-bond acceptors (Lipinski definition) is 2. The molecule has 0 aromatic heterocycles. The number of nitrogens with one attached hydrogen (secondary N) is 1. The van der Waals surface area contributed by atoms with Crippen molar-refractivity contribution in [1.29, 1.82) is 0 Å². The lowest BCUT2D eigenvalue weighted by molar-refractivity contribution is -0.126.